The molecule has 2 aromatic rings. The topological polar surface area (TPSA) is 75.7 Å². The van der Waals surface area contributed by atoms with Crippen LogP contribution >= 0.6 is 0 Å². The maximum Gasteiger partial charge on any atom is 0.243 e. The number of carbonyl (C=O) groups is 1. The Morgan fingerprint density at radius 1 is 1.00 bits per heavy atom. The van der Waals surface area contributed by atoms with Gasteiger partial charge in [0.05, 0.1) is 17.9 Å². The van der Waals surface area contributed by atoms with Crippen LogP contribution in [0.4, 0.5) is 5.69 Å². The van der Waals surface area contributed by atoms with E-state index >= 15 is 0 Å². The highest BCUT2D eigenvalue weighted by molar-refractivity contribution is 7.89. The Labute approximate surface area is 166 Å². The Hall–Kier alpha value is -2.38. The predicted octanol–water partition coefficient (Wildman–Crippen LogP) is 3.44. The largest absolute Gasteiger partial charge is 0.494 e. The molecule has 150 valence electrons. The second-order valence-corrected chi connectivity index (χ2v) is 8.73. The number of benzene rings is 2. The van der Waals surface area contributed by atoms with Crippen LogP contribution in [0.3, 0.4) is 0 Å². The van der Waals surface area contributed by atoms with Crippen LogP contribution in [0.1, 0.15) is 31.7 Å². The first-order valence-corrected chi connectivity index (χ1v) is 11.0. The van der Waals surface area contributed by atoms with Gasteiger partial charge in [0.2, 0.25) is 15.9 Å². The molecule has 1 saturated heterocycles. The molecule has 1 amide bonds. The van der Waals surface area contributed by atoms with Crippen molar-refractivity contribution in [3.63, 3.8) is 0 Å². The highest BCUT2D eigenvalue weighted by Crippen LogP contribution is 2.22. The number of sulfonamides is 1. The van der Waals surface area contributed by atoms with Gasteiger partial charge in [-0.15, -0.1) is 0 Å². The van der Waals surface area contributed by atoms with Crippen LogP contribution in [-0.2, 0) is 21.2 Å². The number of hydrogen-bond acceptors (Lipinski definition) is 4. The third-order valence-electron chi connectivity index (χ3n) is 4.69. The van der Waals surface area contributed by atoms with E-state index in [0.29, 0.717) is 25.4 Å². The molecule has 0 aliphatic carbocycles. The minimum Gasteiger partial charge on any atom is -0.494 e. The summed E-state index contributed by atoms with van der Waals surface area (Å²) in [5.41, 5.74) is 1.46. The van der Waals surface area contributed by atoms with Crippen molar-refractivity contribution in [2.24, 2.45) is 0 Å². The highest BCUT2D eigenvalue weighted by Gasteiger charge is 2.25. The minimum absolute atomic E-state index is 0.157. The maximum atomic E-state index is 12.7. The van der Waals surface area contributed by atoms with Gasteiger partial charge in [-0.3, -0.25) is 4.79 Å². The van der Waals surface area contributed by atoms with Crippen LogP contribution in [0.25, 0.3) is 0 Å². The van der Waals surface area contributed by atoms with Crippen LogP contribution in [0.15, 0.2) is 53.4 Å². The number of ether oxygens (including phenoxy) is 1. The van der Waals surface area contributed by atoms with E-state index in [-0.39, 0.29) is 17.2 Å². The average Bonchev–Trinajstić information content (AvgIpc) is 2.71. The quantitative estimate of drug-likeness (QED) is 0.770. The van der Waals surface area contributed by atoms with E-state index < -0.39 is 10.0 Å². The molecule has 0 bridgehead atoms. The molecule has 2 aromatic carbocycles. The van der Waals surface area contributed by atoms with Crippen molar-refractivity contribution < 1.29 is 17.9 Å². The van der Waals surface area contributed by atoms with Gasteiger partial charge in [0, 0.05) is 18.8 Å². The van der Waals surface area contributed by atoms with Gasteiger partial charge < -0.3 is 10.1 Å². The number of hydrogen-bond donors (Lipinski definition) is 1. The number of nitrogens with zero attached hydrogens (tertiary/aromatic N) is 1. The van der Waals surface area contributed by atoms with Crippen molar-refractivity contribution in [3.8, 4) is 5.75 Å². The van der Waals surface area contributed by atoms with Gasteiger partial charge >= 0.3 is 0 Å². The van der Waals surface area contributed by atoms with Crippen molar-refractivity contribution in [1.82, 2.24) is 4.31 Å². The minimum atomic E-state index is -3.46. The summed E-state index contributed by atoms with van der Waals surface area (Å²) in [5, 5.41) is 2.81. The fourth-order valence-electron chi connectivity index (χ4n) is 3.23. The second kappa shape index (κ2) is 9.21. The lowest BCUT2D eigenvalue weighted by Crippen LogP contribution is -2.35. The fourth-order valence-corrected chi connectivity index (χ4v) is 4.74. The molecule has 1 fully saturated rings. The standard InChI is InChI=1S/C21H26N2O4S/c1-2-27-19-10-6-17(7-11-19)16-21(24)22-18-8-12-20(13-9-18)28(25,26)23-14-4-3-5-15-23/h6-13H,2-5,14-16H2,1H3,(H,22,24). The van der Waals surface area contributed by atoms with E-state index in [1.54, 1.807) is 24.3 Å². The fraction of sp³-hybridized carbons (Fsp3) is 0.381. The summed E-state index contributed by atoms with van der Waals surface area (Å²) in [6, 6.07) is 13.8. The monoisotopic (exact) mass is 402 g/mol. The zero-order chi connectivity index (χ0) is 20.0. The van der Waals surface area contributed by atoms with Gasteiger partial charge in [-0.05, 0) is 61.7 Å². The number of nitrogens with one attached hydrogen (secondary N) is 1. The van der Waals surface area contributed by atoms with Crippen molar-refractivity contribution in [2.75, 3.05) is 25.0 Å². The second-order valence-electron chi connectivity index (χ2n) is 6.79. The molecule has 1 aliphatic rings. The van der Waals surface area contributed by atoms with Gasteiger partial charge in [-0.2, -0.15) is 4.31 Å². The summed E-state index contributed by atoms with van der Waals surface area (Å²) in [6.07, 6.45) is 3.11. The summed E-state index contributed by atoms with van der Waals surface area (Å²) in [6.45, 7) is 3.67. The van der Waals surface area contributed by atoms with Crippen LogP contribution in [0.2, 0.25) is 0 Å². The zero-order valence-corrected chi connectivity index (χ0v) is 16.9. The molecule has 0 spiro atoms. The molecule has 3 rings (SSSR count). The van der Waals surface area contributed by atoms with Gasteiger partial charge in [0.1, 0.15) is 5.75 Å². The zero-order valence-electron chi connectivity index (χ0n) is 16.1. The average molecular weight is 403 g/mol. The third kappa shape index (κ3) is 5.11. The van der Waals surface area contributed by atoms with E-state index in [2.05, 4.69) is 5.32 Å². The van der Waals surface area contributed by atoms with Crippen LogP contribution in [0, 0.1) is 0 Å². The Kier molecular flexibility index (Phi) is 6.70. The summed E-state index contributed by atoms with van der Waals surface area (Å²) in [4.78, 5) is 12.5. The lowest BCUT2D eigenvalue weighted by Gasteiger charge is -2.25. The molecule has 6 nitrogen and oxygen atoms in total. The van der Waals surface area contributed by atoms with Crippen molar-refractivity contribution >= 4 is 21.6 Å². The third-order valence-corrected chi connectivity index (χ3v) is 6.60. The smallest absolute Gasteiger partial charge is 0.243 e. The summed E-state index contributed by atoms with van der Waals surface area (Å²) in [7, 11) is -3.46. The SMILES string of the molecule is CCOc1ccc(CC(=O)Nc2ccc(S(=O)(=O)N3CCCCC3)cc2)cc1. The number of amides is 1. The molecule has 0 radical (unpaired) electrons. The maximum absolute atomic E-state index is 12.7. The number of carbonyl (C=O) groups excluding carboxylic acids is 1. The molecule has 0 atom stereocenters. The van der Waals surface area contributed by atoms with E-state index in [1.165, 1.54) is 4.31 Å². The van der Waals surface area contributed by atoms with Gasteiger partial charge in [-0.25, -0.2) is 8.42 Å². The lowest BCUT2D eigenvalue weighted by atomic mass is 10.1. The predicted molar refractivity (Wildman–Crippen MR) is 109 cm³/mol. The van der Waals surface area contributed by atoms with Crippen LogP contribution < -0.4 is 10.1 Å². The lowest BCUT2D eigenvalue weighted by molar-refractivity contribution is -0.115. The van der Waals surface area contributed by atoms with Gasteiger partial charge in [0.25, 0.3) is 0 Å². The number of rotatable bonds is 7. The van der Waals surface area contributed by atoms with Crippen molar-refractivity contribution in [2.45, 2.75) is 37.5 Å². The van der Waals surface area contributed by atoms with E-state index in [4.69, 9.17) is 4.74 Å². The van der Waals surface area contributed by atoms with Crippen molar-refractivity contribution in [3.05, 3.63) is 54.1 Å². The molecular formula is C21H26N2O4S. The number of piperidine rings is 1. The van der Waals surface area contributed by atoms with Crippen LogP contribution in [-0.4, -0.2) is 38.3 Å². The Balaban J connectivity index is 1.59. The molecule has 28 heavy (non-hydrogen) atoms. The molecular weight excluding hydrogens is 376 g/mol. The molecule has 0 aromatic heterocycles. The molecule has 1 aliphatic heterocycles. The summed E-state index contributed by atoms with van der Waals surface area (Å²) < 4.78 is 32.3. The molecule has 1 heterocycles. The molecule has 0 saturated carbocycles. The van der Waals surface area contributed by atoms with E-state index in [1.807, 2.05) is 31.2 Å². The van der Waals surface area contributed by atoms with Crippen molar-refractivity contribution in [1.29, 1.82) is 0 Å². The van der Waals surface area contributed by atoms with E-state index in [0.717, 1.165) is 30.6 Å². The Morgan fingerprint density at radius 2 is 1.64 bits per heavy atom. The summed E-state index contributed by atoms with van der Waals surface area (Å²) >= 11 is 0. The molecule has 1 N–H and O–H groups in total. The Morgan fingerprint density at radius 3 is 2.25 bits per heavy atom. The summed E-state index contributed by atoms with van der Waals surface area (Å²) in [5.74, 6) is 0.618. The first-order chi connectivity index (χ1) is 13.5. The van der Waals surface area contributed by atoms with Crippen LogP contribution in [0.5, 0.6) is 5.75 Å². The number of anilines is 1. The highest BCUT2D eigenvalue weighted by atomic mass is 32.2. The normalized spacial score (nSPS) is 15.2. The first kappa shape index (κ1) is 20.4. The Bertz CT molecular complexity index is 887. The van der Waals surface area contributed by atoms with E-state index in [9.17, 15) is 13.2 Å². The molecule has 7 heteroatoms. The van der Waals surface area contributed by atoms with Gasteiger partial charge in [0.15, 0.2) is 0 Å². The first-order valence-electron chi connectivity index (χ1n) is 9.61. The van der Waals surface area contributed by atoms with Gasteiger partial charge in [-0.1, -0.05) is 18.6 Å². The molecule has 0 unspecified atom stereocenters.